The predicted octanol–water partition coefficient (Wildman–Crippen LogP) is 7.42. The lowest BCUT2D eigenvalue weighted by Gasteiger charge is -2.21. The molecular weight excluding hydrogens is 413 g/mol. The molecule has 0 saturated heterocycles. The number of imidazole rings is 1. The van der Waals surface area contributed by atoms with Crippen LogP contribution in [0.2, 0.25) is 0 Å². The summed E-state index contributed by atoms with van der Waals surface area (Å²) in [6.07, 6.45) is 3.70. The molecule has 33 heavy (non-hydrogen) atoms. The summed E-state index contributed by atoms with van der Waals surface area (Å²) in [4.78, 5) is 9.47. The van der Waals surface area contributed by atoms with E-state index in [-0.39, 0.29) is 11.2 Å². The largest absolute Gasteiger partial charge is 0.455 e. The van der Waals surface area contributed by atoms with E-state index in [4.69, 9.17) is 9.40 Å². The average Bonchev–Trinajstić information content (AvgIpc) is 3.38. The second kappa shape index (κ2) is 7.01. The summed E-state index contributed by atoms with van der Waals surface area (Å²) in [6, 6.07) is 20.9. The molecule has 0 spiro atoms. The van der Waals surface area contributed by atoms with Gasteiger partial charge >= 0.3 is 0 Å². The Labute approximate surface area is 190 Å². The molecule has 162 valence electrons. The number of furan rings is 1. The first-order valence-electron chi connectivity index (χ1n) is 11.0. The van der Waals surface area contributed by atoms with Crippen molar-refractivity contribution in [2.24, 2.45) is 0 Å². The second-order valence-electron chi connectivity index (χ2n) is 9.31. The normalized spacial score (nSPS) is 12.2. The molecule has 0 atom stereocenters. The van der Waals surface area contributed by atoms with Gasteiger partial charge in [-0.3, -0.25) is 9.55 Å². The van der Waals surface area contributed by atoms with E-state index in [0.29, 0.717) is 22.4 Å². The fourth-order valence-electron chi connectivity index (χ4n) is 4.55. The van der Waals surface area contributed by atoms with Crippen LogP contribution in [0, 0.1) is 5.82 Å². The summed E-state index contributed by atoms with van der Waals surface area (Å²) in [6.45, 7) is 6.50. The van der Waals surface area contributed by atoms with E-state index >= 15 is 0 Å². The first kappa shape index (κ1) is 19.7. The Hall–Kier alpha value is -3.99. The van der Waals surface area contributed by atoms with E-state index in [9.17, 15) is 4.39 Å². The van der Waals surface area contributed by atoms with Gasteiger partial charge in [-0.15, -0.1) is 0 Å². The van der Waals surface area contributed by atoms with Crippen LogP contribution in [0.1, 0.15) is 26.3 Å². The van der Waals surface area contributed by atoms with Crippen molar-refractivity contribution in [3.8, 4) is 17.1 Å². The zero-order valence-corrected chi connectivity index (χ0v) is 18.6. The summed E-state index contributed by atoms with van der Waals surface area (Å²) < 4.78 is 23.3. The number of halogens is 1. The van der Waals surface area contributed by atoms with Crippen LogP contribution in [0.4, 0.5) is 4.39 Å². The van der Waals surface area contributed by atoms with Crippen LogP contribution < -0.4 is 0 Å². The highest BCUT2D eigenvalue weighted by Gasteiger charge is 2.26. The Balaban J connectivity index is 1.78. The van der Waals surface area contributed by atoms with E-state index in [0.717, 1.165) is 33.2 Å². The van der Waals surface area contributed by atoms with Crippen molar-refractivity contribution in [2.75, 3.05) is 0 Å². The van der Waals surface area contributed by atoms with Crippen LogP contribution in [-0.4, -0.2) is 14.5 Å². The molecule has 0 amide bonds. The molecule has 0 unspecified atom stereocenters. The van der Waals surface area contributed by atoms with Gasteiger partial charge < -0.3 is 4.42 Å². The Morgan fingerprint density at radius 3 is 2.42 bits per heavy atom. The Morgan fingerprint density at radius 2 is 1.64 bits per heavy atom. The number of rotatable bonds is 2. The predicted molar refractivity (Wildman–Crippen MR) is 130 cm³/mol. The number of hydrogen-bond donors (Lipinski definition) is 0. The highest BCUT2D eigenvalue weighted by atomic mass is 19.1. The van der Waals surface area contributed by atoms with Gasteiger partial charge in [0.2, 0.25) is 0 Å². The molecule has 0 saturated carbocycles. The van der Waals surface area contributed by atoms with Gasteiger partial charge in [0.05, 0.1) is 22.7 Å². The lowest BCUT2D eigenvalue weighted by molar-refractivity contribution is 0.591. The van der Waals surface area contributed by atoms with Gasteiger partial charge in [-0.05, 0) is 35.7 Å². The zero-order chi connectivity index (χ0) is 22.7. The Kier molecular flexibility index (Phi) is 4.18. The molecule has 6 aromatic rings. The molecule has 0 radical (unpaired) electrons. The van der Waals surface area contributed by atoms with Gasteiger partial charge in [0.1, 0.15) is 28.3 Å². The highest BCUT2D eigenvalue weighted by Crippen LogP contribution is 2.40. The molecule has 6 rings (SSSR count). The van der Waals surface area contributed by atoms with Gasteiger partial charge in [0, 0.05) is 22.8 Å². The highest BCUT2D eigenvalue weighted by molar-refractivity contribution is 6.09. The van der Waals surface area contributed by atoms with Crippen molar-refractivity contribution in [3.63, 3.8) is 0 Å². The van der Waals surface area contributed by atoms with Crippen LogP contribution in [0.15, 0.2) is 83.5 Å². The molecule has 0 N–H and O–H groups in total. The molecular formula is C28H22FN3O. The van der Waals surface area contributed by atoms with E-state index < -0.39 is 0 Å². The lowest BCUT2D eigenvalue weighted by Crippen LogP contribution is -2.14. The van der Waals surface area contributed by atoms with Crippen LogP contribution in [-0.2, 0) is 5.41 Å². The van der Waals surface area contributed by atoms with Gasteiger partial charge in [-0.1, -0.05) is 57.2 Å². The van der Waals surface area contributed by atoms with Crippen LogP contribution in [0.3, 0.4) is 0 Å². The standard InChI is InChI=1S/C28H22FN3O/c1-28(2,3)20-15-30-16-22-25(20)32(17-9-5-4-6-10-17)27(31-22)19-13-14-21(29)24-18-11-7-8-12-23(18)33-26(19)24/h4-16H,1-3H3. The Bertz CT molecular complexity index is 1660. The smallest absolute Gasteiger partial charge is 0.149 e. The first-order valence-corrected chi connectivity index (χ1v) is 11.0. The number of hydrogen-bond acceptors (Lipinski definition) is 3. The minimum atomic E-state index is -0.307. The van der Waals surface area contributed by atoms with Crippen LogP contribution in [0.5, 0.6) is 0 Å². The van der Waals surface area contributed by atoms with E-state index in [1.165, 1.54) is 6.07 Å². The van der Waals surface area contributed by atoms with Gasteiger partial charge in [-0.25, -0.2) is 9.37 Å². The van der Waals surface area contributed by atoms with Gasteiger partial charge in [0.25, 0.3) is 0 Å². The minimum absolute atomic E-state index is 0.145. The quantitative estimate of drug-likeness (QED) is 0.284. The fourth-order valence-corrected chi connectivity index (χ4v) is 4.55. The zero-order valence-electron chi connectivity index (χ0n) is 18.6. The maximum absolute atomic E-state index is 15.0. The third-order valence-electron chi connectivity index (χ3n) is 6.10. The molecule has 4 nitrogen and oxygen atoms in total. The number of aromatic nitrogens is 3. The summed E-state index contributed by atoms with van der Waals surface area (Å²) in [5.74, 6) is 0.386. The molecule has 0 aliphatic heterocycles. The molecule has 3 aromatic heterocycles. The van der Waals surface area contributed by atoms with E-state index in [1.54, 1.807) is 12.3 Å². The van der Waals surface area contributed by atoms with Crippen molar-refractivity contribution in [1.29, 1.82) is 0 Å². The second-order valence-corrected chi connectivity index (χ2v) is 9.31. The van der Waals surface area contributed by atoms with Crippen LogP contribution in [0.25, 0.3) is 50.0 Å². The average molecular weight is 436 g/mol. The molecule has 0 bridgehead atoms. The van der Waals surface area contributed by atoms with E-state index in [1.807, 2.05) is 48.7 Å². The number of benzene rings is 3. The summed E-state index contributed by atoms with van der Waals surface area (Å²) in [5.41, 5.74) is 5.58. The molecule has 0 aliphatic rings. The van der Waals surface area contributed by atoms with Crippen LogP contribution >= 0.6 is 0 Å². The molecule has 0 aliphatic carbocycles. The summed E-state index contributed by atoms with van der Waals surface area (Å²) >= 11 is 0. The number of para-hydroxylation sites is 2. The van der Waals surface area contributed by atoms with Crippen molar-refractivity contribution in [1.82, 2.24) is 14.5 Å². The van der Waals surface area contributed by atoms with Crippen molar-refractivity contribution < 1.29 is 8.81 Å². The maximum atomic E-state index is 15.0. The SMILES string of the molecule is CC(C)(C)c1cncc2nc(-c3ccc(F)c4c3oc3ccccc34)n(-c3ccccc3)c12. The minimum Gasteiger partial charge on any atom is -0.455 e. The number of pyridine rings is 1. The molecule has 3 heterocycles. The van der Waals surface area contributed by atoms with Crippen molar-refractivity contribution in [2.45, 2.75) is 26.2 Å². The Morgan fingerprint density at radius 1 is 0.879 bits per heavy atom. The van der Waals surface area contributed by atoms with Gasteiger partial charge in [-0.2, -0.15) is 0 Å². The summed E-state index contributed by atoms with van der Waals surface area (Å²) in [7, 11) is 0. The third kappa shape index (κ3) is 2.96. The monoisotopic (exact) mass is 435 g/mol. The van der Waals surface area contributed by atoms with Crippen molar-refractivity contribution >= 4 is 33.0 Å². The summed E-state index contributed by atoms with van der Waals surface area (Å²) in [5, 5.41) is 1.23. The third-order valence-corrected chi connectivity index (χ3v) is 6.10. The van der Waals surface area contributed by atoms with E-state index in [2.05, 4.69) is 42.5 Å². The van der Waals surface area contributed by atoms with Gasteiger partial charge in [0.15, 0.2) is 0 Å². The lowest BCUT2D eigenvalue weighted by atomic mass is 9.87. The first-order chi connectivity index (χ1) is 15.9. The maximum Gasteiger partial charge on any atom is 0.149 e. The van der Waals surface area contributed by atoms with Crippen molar-refractivity contribution in [3.05, 3.63) is 90.5 Å². The molecule has 0 fully saturated rings. The molecule has 5 heteroatoms. The number of nitrogens with zero attached hydrogens (tertiary/aromatic N) is 3. The molecule has 3 aromatic carbocycles. The number of fused-ring (bicyclic) bond motifs is 4. The topological polar surface area (TPSA) is 43.9 Å². The fraction of sp³-hybridized carbons (Fsp3) is 0.143.